The van der Waals surface area contributed by atoms with Crippen LogP contribution < -0.4 is 14.8 Å². The second-order valence-corrected chi connectivity index (χ2v) is 9.10. The summed E-state index contributed by atoms with van der Waals surface area (Å²) in [7, 11) is 3.01. The molecule has 0 radical (unpaired) electrons. The molecule has 3 rings (SSSR count). The first-order chi connectivity index (χ1) is 20.2. The molecule has 12 nitrogen and oxygen atoms in total. The van der Waals surface area contributed by atoms with Crippen molar-refractivity contribution in [3.63, 3.8) is 0 Å². The van der Waals surface area contributed by atoms with Gasteiger partial charge in [-0.25, -0.2) is 19.2 Å². The number of ether oxygens (including phenoxy) is 6. The van der Waals surface area contributed by atoms with Crippen molar-refractivity contribution in [2.45, 2.75) is 51.5 Å². The second-order valence-electron chi connectivity index (χ2n) is 9.10. The second kappa shape index (κ2) is 14.6. The van der Waals surface area contributed by atoms with Crippen LogP contribution in [-0.2, 0) is 38.1 Å². The zero-order valence-corrected chi connectivity index (χ0v) is 24.7. The molecule has 2 aromatic rings. The monoisotopic (exact) mass is 586 g/mol. The standard InChI is InChI=1S/C30H38N2O10/c1-7-39-26(33)23(27(34)40-8-2)32-24(19-11-15-21(37-5)16-12-19)30(28(35)41-9-3,29(36)42-10-4)31-25(32)20-13-17-22(38-6)18-14-20/h11-18,23-25,31H,7-10H2,1-6H3/t24-,25+/m1/s1. The fourth-order valence-electron chi connectivity index (χ4n) is 4.99. The van der Waals surface area contributed by atoms with Gasteiger partial charge in [0, 0.05) is 0 Å². The van der Waals surface area contributed by atoms with Gasteiger partial charge in [-0.05, 0) is 63.1 Å². The van der Waals surface area contributed by atoms with Crippen LogP contribution >= 0.6 is 0 Å². The predicted octanol–water partition coefficient (Wildman–Crippen LogP) is 2.71. The highest BCUT2D eigenvalue weighted by atomic mass is 16.6. The third-order valence-corrected chi connectivity index (χ3v) is 6.75. The molecule has 0 aliphatic carbocycles. The maximum Gasteiger partial charge on any atom is 0.340 e. The Hall–Kier alpha value is -4.16. The number of methoxy groups -OCH3 is 2. The van der Waals surface area contributed by atoms with E-state index in [1.807, 2.05) is 0 Å². The highest BCUT2D eigenvalue weighted by Crippen LogP contribution is 2.48. The average molecular weight is 587 g/mol. The molecule has 1 N–H and O–H groups in total. The fourth-order valence-corrected chi connectivity index (χ4v) is 4.99. The molecule has 0 unspecified atom stereocenters. The van der Waals surface area contributed by atoms with E-state index in [0.29, 0.717) is 22.6 Å². The van der Waals surface area contributed by atoms with Crippen LogP contribution in [-0.4, -0.2) is 81.0 Å². The summed E-state index contributed by atoms with van der Waals surface area (Å²) in [6.07, 6.45) is -1.09. The van der Waals surface area contributed by atoms with Crippen molar-refractivity contribution in [1.29, 1.82) is 0 Å². The SMILES string of the molecule is CCOC(=O)C(C(=O)OCC)N1[C@@H](c2ccc(OC)cc2)NC(C(=O)OCC)(C(=O)OCC)[C@H]1c1ccc(OC)cc1. The van der Waals surface area contributed by atoms with Gasteiger partial charge in [0.05, 0.1) is 52.9 Å². The van der Waals surface area contributed by atoms with Gasteiger partial charge >= 0.3 is 23.9 Å². The molecule has 0 spiro atoms. The summed E-state index contributed by atoms with van der Waals surface area (Å²) in [5.74, 6) is -2.68. The number of rotatable bonds is 13. The van der Waals surface area contributed by atoms with E-state index in [1.165, 1.54) is 19.1 Å². The van der Waals surface area contributed by atoms with Crippen LogP contribution in [0.5, 0.6) is 11.5 Å². The molecule has 0 aromatic heterocycles. The lowest BCUT2D eigenvalue weighted by Crippen LogP contribution is -2.60. The summed E-state index contributed by atoms with van der Waals surface area (Å²) in [6.45, 7) is 6.25. The minimum absolute atomic E-state index is 0.0304. The van der Waals surface area contributed by atoms with Crippen molar-refractivity contribution >= 4 is 23.9 Å². The maximum atomic E-state index is 13.9. The van der Waals surface area contributed by atoms with E-state index in [-0.39, 0.29) is 26.4 Å². The molecular weight excluding hydrogens is 548 g/mol. The maximum absolute atomic E-state index is 13.9. The van der Waals surface area contributed by atoms with Gasteiger partial charge in [-0.3, -0.25) is 10.2 Å². The van der Waals surface area contributed by atoms with E-state index >= 15 is 0 Å². The van der Waals surface area contributed by atoms with Gasteiger partial charge in [-0.2, -0.15) is 0 Å². The normalized spacial score (nSPS) is 17.8. The first kappa shape index (κ1) is 32.4. The lowest BCUT2D eigenvalue weighted by Gasteiger charge is -2.36. The number of nitrogens with zero attached hydrogens (tertiary/aromatic N) is 1. The van der Waals surface area contributed by atoms with Crippen LogP contribution in [0.4, 0.5) is 0 Å². The number of hydrogen-bond donors (Lipinski definition) is 1. The molecule has 1 aliphatic rings. The van der Waals surface area contributed by atoms with Gasteiger partial charge in [-0.1, -0.05) is 24.3 Å². The number of benzene rings is 2. The Kier molecular flexibility index (Phi) is 11.3. The number of hydrogen-bond acceptors (Lipinski definition) is 12. The van der Waals surface area contributed by atoms with Crippen molar-refractivity contribution in [2.75, 3.05) is 40.6 Å². The summed E-state index contributed by atoms with van der Waals surface area (Å²) >= 11 is 0. The van der Waals surface area contributed by atoms with Crippen molar-refractivity contribution in [3.05, 3.63) is 59.7 Å². The smallest absolute Gasteiger partial charge is 0.340 e. The quantitative estimate of drug-likeness (QED) is 0.210. The van der Waals surface area contributed by atoms with Crippen LogP contribution in [0, 0.1) is 0 Å². The summed E-state index contributed by atoms with van der Waals surface area (Å²) in [5, 5.41) is 3.12. The van der Waals surface area contributed by atoms with E-state index in [4.69, 9.17) is 28.4 Å². The van der Waals surface area contributed by atoms with Crippen LogP contribution in [0.2, 0.25) is 0 Å². The Bertz CT molecular complexity index is 1200. The van der Waals surface area contributed by atoms with Crippen LogP contribution in [0.25, 0.3) is 0 Å². The van der Waals surface area contributed by atoms with Gasteiger partial charge in [0.2, 0.25) is 11.6 Å². The van der Waals surface area contributed by atoms with E-state index < -0.39 is 47.7 Å². The van der Waals surface area contributed by atoms with E-state index in [0.717, 1.165) is 0 Å². The van der Waals surface area contributed by atoms with E-state index in [1.54, 1.807) is 76.2 Å². The van der Waals surface area contributed by atoms with Crippen LogP contribution in [0.3, 0.4) is 0 Å². The summed E-state index contributed by atoms with van der Waals surface area (Å²) < 4.78 is 32.2. The molecule has 1 heterocycles. The fraction of sp³-hybridized carbons (Fsp3) is 0.467. The summed E-state index contributed by atoms with van der Waals surface area (Å²) in [5.41, 5.74) is -1.33. The minimum Gasteiger partial charge on any atom is -0.497 e. The predicted molar refractivity (Wildman–Crippen MR) is 149 cm³/mol. The minimum atomic E-state index is -2.22. The molecule has 0 saturated carbocycles. The first-order valence-electron chi connectivity index (χ1n) is 13.7. The topological polar surface area (TPSA) is 139 Å². The van der Waals surface area contributed by atoms with Gasteiger partial charge in [0.1, 0.15) is 11.5 Å². The van der Waals surface area contributed by atoms with Crippen molar-refractivity contribution in [2.24, 2.45) is 0 Å². The Morgan fingerprint density at radius 3 is 1.48 bits per heavy atom. The highest BCUT2D eigenvalue weighted by Gasteiger charge is 2.67. The molecule has 1 saturated heterocycles. The largest absolute Gasteiger partial charge is 0.497 e. The number of esters is 4. The molecule has 1 fully saturated rings. The van der Waals surface area contributed by atoms with Gasteiger partial charge in [0.15, 0.2) is 0 Å². The van der Waals surface area contributed by atoms with Crippen molar-refractivity contribution < 1.29 is 47.6 Å². The molecule has 42 heavy (non-hydrogen) atoms. The van der Waals surface area contributed by atoms with Crippen LogP contribution in [0.15, 0.2) is 48.5 Å². The molecule has 12 heteroatoms. The molecule has 2 atom stereocenters. The third-order valence-electron chi connectivity index (χ3n) is 6.75. The van der Waals surface area contributed by atoms with E-state index in [2.05, 4.69) is 5.32 Å². The number of carbonyl (C=O) groups is 4. The first-order valence-corrected chi connectivity index (χ1v) is 13.7. The third kappa shape index (κ3) is 6.34. The highest BCUT2D eigenvalue weighted by molar-refractivity contribution is 6.07. The number of carbonyl (C=O) groups excluding carboxylic acids is 4. The number of nitrogens with one attached hydrogen (secondary N) is 1. The molecule has 0 bridgehead atoms. The Morgan fingerprint density at radius 2 is 1.10 bits per heavy atom. The van der Waals surface area contributed by atoms with Crippen LogP contribution in [0.1, 0.15) is 51.0 Å². The van der Waals surface area contributed by atoms with Gasteiger partial charge < -0.3 is 28.4 Å². The average Bonchev–Trinajstić information content (AvgIpc) is 3.34. The summed E-state index contributed by atoms with van der Waals surface area (Å²) in [6, 6.07) is 10.3. The Labute approximate surface area is 245 Å². The molecule has 2 aromatic carbocycles. The van der Waals surface area contributed by atoms with Gasteiger partial charge in [-0.15, -0.1) is 0 Å². The molecule has 0 amide bonds. The summed E-state index contributed by atoms with van der Waals surface area (Å²) in [4.78, 5) is 56.4. The van der Waals surface area contributed by atoms with E-state index in [9.17, 15) is 19.2 Å². The van der Waals surface area contributed by atoms with Gasteiger partial charge in [0.25, 0.3) is 0 Å². The zero-order valence-electron chi connectivity index (χ0n) is 24.7. The van der Waals surface area contributed by atoms with Crippen molar-refractivity contribution in [3.8, 4) is 11.5 Å². The van der Waals surface area contributed by atoms with Crippen molar-refractivity contribution in [1.82, 2.24) is 10.2 Å². The molecular formula is C30H38N2O10. The molecule has 1 aliphatic heterocycles. The lowest BCUT2D eigenvalue weighted by molar-refractivity contribution is -0.172. The lowest BCUT2D eigenvalue weighted by atomic mass is 9.85. The zero-order chi connectivity index (χ0) is 30.9. The Balaban J connectivity index is 2.42. The molecule has 228 valence electrons. The Morgan fingerprint density at radius 1 is 0.690 bits per heavy atom.